The second-order valence-corrected chi connectivity index (χ2v) is 5.78. The molecule has 7 nitrogen and oxygen atoms in total. The molecular weight excluding hydrogens is 354 g/mol. The predicted octanol–water partition coefficient (Wildman–Crippen LogP) is 3.67. The van der Waals surface area contributed by atoms with E-state index in [2.05, 4.69) is 25.8 Å². The molecule has 3 aromatic rings. The number of hydrogen-bond acceptors (Lipinski definition) is 7. The van der Waals surface area contributed by atoms with E-state index < -0.39 is 5.97 Å². The minimum absolute atomic E-state index is 0.383. The predicted molar refractivity (Wildman–Crippen MR) is 99.7 cm³/mol. The lowest BCUT2D eigenvalue weighted by Gasteiger charge is -2.09. The van der Waals surface area contributed by atoms with Gasteiger partial charge in [-0.1, -0.05) is 29.8 Å². The first-order chi connectivity index (χ1) is 12.6. The molecule has 2 N–H and O–H groups in total. The minimum atomic E-state index is -0.403. The fraction of sp³-hybridized carbons (Fsp3) is 0.111. The summed E-state index contributed by atoms with van der Waals surface area (Å²) in [6.45, 7) is 0.542. The van der Waals surface area contributed by atoms with Gasteiger partial charge in [0.15, 0.2) is 5.82 Å². The number of carbonyl (C=O) groups is 1. The molecule has 3 rings (SSSR count). The molecule has 0 radical (unpaired) electrons. The van der Waals surface area contributed by atoms with Gasteiger partial charge in [0.05, 0.1) is 18.9 Å². The standard InChI is InChI=1S/C18H16ClN5O2/c1-26-17(25)13-3-2-4-15(9-13)22-16-11-21-24-18(23-16)20-10-12-5-7-14(19)8-6-12/h2-9,11H,10H2,1H3,(H2,20,22,23,24). The molecule has 0 spiro atoms. The Morgan fingerprint density at radius 3 is 2.77 bits per heavy atom. The van der Waals surface area contributed by atoms with E-state index in [0.717, 1.165) is 5.56 Å². The number of rotatable bonds is 6. The third kappa shape index (κ3) is 4.67. The van der Waals surface area contributed by atoms with Crippen LogP contribution in [-0.4, -0.2) is 28.3 Å². The zero-order chi connectivity index (χ0) is 18.4. The molecule has 0 unspecified atom stereocenters. The van der Waals surface area contributed by atoms with Crippen LogP contribution in [0.3, 0.4) is 0 Å². The van der Waals surface area contributed by atoms with Gasteiger partial charge >= 0.3 is 5.97 Å². The summed E-state index contributed by atoms with van der Waals surface area (Å²) in [5.41, 5.74) is 2.18. The molecule has 26 heavy (non-hydrogen) atoms. The highest BCUT2D eigenvalue weighted by Gasteiger charge is 2.07. The Labute approximate surface area is 155 Å². The Kier molecular flexibility index (Phi) is 5.60. The van der Waals surface area contributed by atoms with E-state index in [1.165, 1.54) is 13.3 Å². The van der Waals surface area contributed by atoms with Gasteiger partial charge in [0.2, 0.25) is 5.95 Å². The van der Waals surface area contributed by atoms with Crippen molar-refractivity contribution in [2.45, 2.75) is 6.54 Å². The van der Waals surface area contributed by atoms with Gasteiger partial charge in [-0.3, -0.25) is 0 Å². The van der Waals surface area contributed by atoms with Crippen LogP contribution < -0.4 is 10.6 Å². The van der Waals surface area contributed by atoms with Crippen LogP contribution in [0.25, 0.3) is 0 Å². The maximum atomic E-state index is 11.6. The highest BCUT2D eigenvalue weighted by Crippen LogP contribution is 2.17. The Balaban J connectivity index is 1.67. The number of esters is 1. The average molecular weight is 370 g/mol. The number of hydrogen-bond donors (Lipinski definition) is 2. The monoisotopic (exact) mass is 369 g/mol. The van der Waals surface area contributed by atoms with Crippen molar-refractivity contribution in [1.29, 1.82) is 0 Å². The molecule has 132 valence electrons. The Hall–Kier alpha value is -3.19. The number of carbonyl (C=O) groups excluding carboxylic acids is 1. The van der Waals surface area contributed by atoms with Crippen molar-refractivity contribution in [2.75, 3.05) is 17.7 Å². The summed E-state index contributed by atoms with van der Waals surface area (Å²) >= 11 is 5.87. The van der Waals surface area contributed by atoms with Crippen LogP contribution in [0.5, 0.6) is 0 Å². The molecule has 2 aromatic carbocycles. The molecule has 1 heterocycles. The Morgan fingerprint density at radius 1 is 1.19 bits per heavy atom. The van der Waals surface area contributed by atoms with Crippen LogP contribution in [0.4, 0.5) is 17.5 Å². The molecule has 1 aromatic heterocycles. The largest absolute Gasteiger partial charge is 0.465 e. The van der Waals surface area contributed by atoms with Gasteiger partial charge in [0, 0.05) is 17.3 Å². The Morgan fingerprint density at radius 2 is 2.00 bits per heavy atom. The molecule has 0 fully saturated rings. The lowest BCUT2D eigenvalue weighted by Crippen LogP contribution is -2.06. The van der Waals surface area contributed by atoms with Crippen molar-refractivity contribution < 1.29 is 9.53 Å². The van der Waals surface area contributed by atoms with E-state index in [4.69, 9.17) is 16.3 Å². The van der Waals surface area contributed by atoms with Crippen LogP contribution >= 0.6 is 11.6 Å². The summed E-state index contributed by atoms with van der Waals surface area (Å²) in [6, 6.07) is 14.4. The Bertz CT molecular complexity index is 902. The minimum Gasteiger partial charge on any atom is -0.465 e. The smallest absolute Gasteiger partial charge is 0.337 e. The maximum absolute atomic E-state index is 11.6. The topological polar surface area (TPSA) is 89.0 Å². The average Bonchev–Trinajstić information content (AvgIpc) is 2.67. The molecule has 0 aliphatic carbocycles. The van der Waals surface area contributed by atoms with Gasteiger partial charge in [-0.25, -0.2) is 4.79 Å². The van der Waals surface area contributed by atoms with Gasteiger partial charge in [-0.2, -0.15) is 10.1 Å². The number of nitrogens with zero attached hydrogens (tertiary/aromatic N) is 3. The molecule has 0 atom stereocenters. The summed E-state index contributed by atoms with van der Waals surface area (Å²) in [4.78, 5) is 16.0. The molecule has 0 aliphatic heterocycles. The maximum Gasteiger partial charge on any atom is 0.337 e. The number of nitrogens with one attached hydrogen (secondary N) is 2. The summed E-state index contributed by atoms with van der Waals surface area (Å²) < 4.78 is 4.72. The first kappa shape index (κ1) is 17.6. The van der Waals surface area contributed by atoms with E-state index in [9.17, 15) is 4.79 Å². The molecule has 0 saturated heterocycles. The molecule has 8 heteroatoms. The zero-order valence-electron chi connectivity index (χ0n) is 13.9. The fourth-order valence-corrected chi connectivity index (χ4v) is 2.34. The van der Waals surface area contributed by atoms with E-state index >= 15 is 0 Å². The van der Waals surface area contributed by atoms with Crippen molar-refractivity contribution in [3.8, 4) is 0 Å². The number of aromatic nitrogens is 3. The van der Waals surface area contributed by atoms with Crippen LogP contribution in [-0.2, 0) is 11.3 Å². The third-order valence-corrected chi connectivity index (χ3v) is 3.73. The normalized spacial score (nSPS) is 10.2. The summed E-state index contributed by atoms with van der Waals surface area (Å²) in [5, 5.41) is 14.8. The number of halogens is 1. The molecule has 0 saturated carbocycles. The quantitative estimate of drug-likeness (QED) is 0.641. The zero-order valence-corrected chi connectivity index (χ0v) is 14.7. The lowest BCUT2D eigenvalue weighted by molar-refractivity contribution is 0.0601. The molecular formula is C18H16ClN5O2. The lowest BCUT2D eigenvalue weighted by atomic mass is 10.2. The van der Waals surface area contributed by atoms with Crippen molar-refractivity contribution >= 4 is 35.0 Å². The van der Waals surface area contributed by atoms with E-state index in [1.54, 1.807) is 18.2 Å². The number of benzene rings is 2. The van der Waals surface area contributed by atoms with Crippen molar-refractivity contribution in [1.82, 2.24) is 15.2 Å². The second kappa shape index (κ2) is 8.26. The van der Waals surface area contributed by atoms with Crippen molar-refractivity contribution in [2.24, 2.45) is 0 Å². The second-order valence-electron chi connectivity index (χ2n) is 5.34. The van der Waals surface area contributed by atoms with E-state index in [1.807, 2.05) is 30.3 Å². The van der Waals surface area contributed by atoms with E-state index in [0.29, 0.717) is 34.6 Å². The van der Waals surface area contributed by atoms with Crippen molar-refractivity contribution in [3.05, 3.63) is 70.9 Å². The van der Waals surface area contributed by atoms with Gasteiger partial charge in [-0.05, 0) is 35.9 Å². The van der Waals surface area contributed by atoms with Crippen LogP contribution in [0, 0.1) is 0 Å². The van der Waals surface area contributed by atoms with Crippen LogP contribution in [0.15, 0.2) is 54.7 Å². The number of ether oxygens (including phenoxy) is 1. The third-order valence-electron chi connectivity index (χ3n) is 3.48. The van der Waals surface area contributed by atoms with Gasteiger partial charge in [-0.15, -0.1) is 5.10 Å². The van der Waals surface area contributed by atoms with Gasteiger partial charge in [0.25, 0.3) is 0 Å². The fourth-order valence-electron chi connectivity index (χ4n) is 2.21. The molecule has 0 amide bonds. The van der Waals surface area contributed by atoms with Gasteiger partial charge in [0.1, 0.15) is 0 Å². The summed E-state index contributed by atoms with van der Waals surface area (Å²) in [6.07, 6.45) is 1.50. The highest BCUT2D eigenvalue weighted by atomic mass is 35.5. The summed E-state index contributed by atoms with van der Waals surface area (Å²) in [7, 11) is 1.34. The summed E-state index contributed by atoms with van der Waals surface area (Å²) in [5.74, 6) is 0.481. The van der Waals surface area contributed by atoms with Gasteiger partial charge < -0.3 is 15.4 Å². The molecule has 0 aliphatic rings. The van der Waals surface area contributed by atoms with Crippen LogP contribution in [0.2, 0.25) is 5.02 Å². The number of methoxy groups -OCH3 is 1. The first-order valence-electron chi connectivity index (χ1n) is 7.77. The SMILES string of the molecule is COC(=O)c1cccc(Nc2cnnc(NCc3ccc(Cl)cc3)n2)c1. The van der Waals surface area contributed by atoms with Crippen LogP contribution in [0.1, 0.15) is 15.9 Å². The number of anilines is 3. The van der Waals surface area contributed by atoms with E-state index in [-0.39, 0.29) is 0 Å². The first-order valence-corrected chi connectivity index (χ1v) is 8.15. The molecule has 0 bridgehead atoms. The highest BCUT2D eigenvalue weighted by molar-refractivity contribution is 6.30. The van der Waals surface area contributed by atoms with Crippen molar-refractivity contribution in [3.63, 3.8) is 0 Å².